The van der Waals surface area contributed by atoms with Crippen molar-refractivity contribution in [3.05, 3.63) is 35.4 Å². The van der Waals surface area contributed by atoms with E-state index in [0.717, 1.165) is 5.92 Å². The molecular formula is C15H20. The van der Waals surface area contributed by atoms with Crippen molar-refractivity contribution in [3.63, 3.8) is 0 Å². The summed E-state index contributed by atoms with van der Waals surface area (Å²) in [5.74, 6) is 0.965. The average molecular weight is 200 g/mol. The lowest BCUT2D eigenvalue weighted by atomic mass is 9.66. The Morgan fingerprint density at radius 3 is 3.00 bits per heavy atom. The molecule has 0 heterocycles. The Morgan fingerprint density at radius 2 is 2.07 bits per heavy atom. The molecule has 0 heteroatoms. The largest absolute Gasteiger partial charge is 0.0620 e. The van der Waals surface area contributed by atoms with Crippen LogP contribution in [0.15, 0.2) is 24.3 Å². The highest BCUT2D eigenvalue weighted by Gasteiger charge is 2.37. The molecule has 0 nitrogen and oxygen atoms in total. The molecule has 1 fully saturated rings. The number of hydrogen-bond acceptors (Lipinski definition) is 0. The Kier molecular flexibility index (Phi) is 2.12. The molecule has 0 spiro atoms. The molecule has 3 rings (SSSR count). The van der Waals surface area contributed by atoms with Crippen LogP contribution in [0.5, 0.6) is 0 Å². The second-order valence-corrected chi connectivity index (χ2v) is 5.74. The Hall–Kier alpha value is -0.780. The fourth-order valence-electron chi connectivity index (χ4n) is 3.81. The molecule has 1 aromatic rings. The van der Waals surface area contributed by atoms with Crippen LogP contribution < -0.4 is 0 Å². The first-order valence-electron chi connectivity index (χ1n) is 6.36. The van der Waals surface area contributed by atoms with Crippen molar-refractivity contribution in [2.24, 2.45) is 5.92 Å². The van der Waals surface area contributed by atoms with E-state index < -0.39 is 0 Å². The second kappa shape index (κ2) is 3.37. The molecule has 1 aromatic carbocycles. The zero-order valence-corrected chi connectivity index (χ0v) is 9.63. The van der Waals surface area contributed by atoms with Crippen LogP contribution in [0.4, 0.5) is 0 Å². The van der Waals surface area contributed by atoms with Gasteiger partial charge in [0.25, 0.3) is 0 Å². The minimum atomic E-state index is 0.496. The molecule has 0 aliphatic heterocycles. The zero-order valence-electron chi connectivity index (χ0n) is 9.63. The van der Waals surface area contributed by atoms with Crippen LogP contribution in [0.3, 0.4) is 0 Å². The standard InChI is InChI=1S/C15H20/c1-15-9-5-4-6-12(11-15)10-13-7-2-3-8-14(13)15/h2-3,7-8,12H,4-6,9-11H2,1H3. The molecule has 2 unspecified atom stereocenters. The lowest BCUT2D eigenvalue weighted by Crippen LogP contribution is -2.30. The topological polar surface area (TPSA) is 0 Å². The number of hydrogen-bond donors (Lipinski definition) is 0. The minimum absolute atomic E-state index is 0.496. The minimum Gasteiger partial charge on any atom is -0.0620 e. The van der Waals surface area contributed by atoms with Gasteiger partial charge in [0.1, 0.15) is 0 Å². The highest BCUT2D eigenvalue weighted by atomic mass is 14.4. The Bertz CT molecular complexity index is 366. The van der Waals surface area contributed by atoms with Crippen LogP contribution >= 0.6 is 0 Å². The van der Waals surface area contributed by atoms with Gasteiger partial charge in [0.05, 0.1) is 0 Å². The molecule has 0 radical (unpaired) electrons. The van der Waals surface area contributed by atoms with E-state index >= 15 is 0 Å². The first kappa shape index (κ1) is 9.45. The molecule has 2 aliphatic rings. The van der Waals surface area contributed by atoms with Gasteiger partial charge >= 0.3 is 0 Å². The fraction of sp³-hybridized carbons (Fsp3) is 0.600. The molecule has 0 aromatic heterocycles. The quantitative estimate of drug-likeness (QED) is 0.592. The third-order valence-corrected chi connectivity index (χ3v) is 4.51. The van der Waals surface area contributed by atoms with E-state index in [-0.39, 0.29) is 0 Å². The smallest absolute Gasteiger partial charge is 0.00698 e. The summed E-state index contributed by atoms with van der Waals surface area (Å²) in [6.45, 7) is 2.49. The summed E-state index contributed by atoms with van der Waals surface area (Å²) >= 11 is 0. The predicted octanol–water partition coefficient (Wildman–Crippen LogP) is 4.08. The van der Waals surface area contributed by atoms with Crippen molar-refractivity contribution in [3.8, 4) is 0 Å². The molecule has 2 atom stereocenters. The molecule has 1 saturated carbocycles. The molecule has 2 bridgehead atoms. The van der Waals surface area contributed by atoms with Crippen LogP contribution in [0, 0.1) is 5.92 Å². The lowest BCUT2D eigenvalue weighted by molar-refractivity contribution is 0.311. The van der Waals surface area contributed by atoms with Crippen LogP contribution in [-0.2, 0) is 11.8 Å². The summed E-state index contributed by atoms with van der Waals surface area (Å²) in [7, 11) is 0. The Labute approximate surface area is 92.7 Å². The molecule has 0 saturated heterocycles. The number of rotatable bonds is 0. The van der Waals surface area contributed by atoms with Crippen molar-refractivity contribution >= 4 is 0 Å². The van der Waals surface area contributed by atoms with E-state index in [2.05, 4.69) is 31.2 Å². The van der Waals surface area contributed by atoms with Crippen LogP contribution in [0.2, 0.25) is 0 Å². The van der Waals surface area contributed by atoms with Crippen molar-refractivity contribution in [2.75, 3.05) is 0 Å². The summed E-state index contributed by atoms with van der Waals surface area (Å²) in [4.78, 5) is 0. The monoisotopic (exact) mass is 200 g/mol. The van der Waals surface area contributed by atoms with Crippen molar-refractivity contribution in [1.29, 1.82) is 0 Å². The third kappa shape index (κ3) is 1.51. The highest BCUT2D eigenvalue weighted by molar-refractivity contribution is 5.37. The SMILES string of the molecule is CC12CCCCC(Cc3ccccc31)C2. The maximum absolute atomic E-state index is 2.49. The van der Waals surface area contributed by atoms with E-state index in [1.165, 1.54) is 38.5 Å². The zero-order chi connectivity index (χ0) is 10.3. The van der Waals surface area contributed by atoms with Gasteiger partial charge in [0.15, 0.2) is 0 Å². The van der Waals surface area contributed by atoms with Gasteiger partial charge < -0.3 is 0 Å². The first-order valence-corrected chi connectivity index (χ1v) is 6.36. The maximum Gasteiger partial charge on any atom is -0.00698 e. The fourth-order valence-corrected chi connectivity index (χ4v) is 3.81. The van der Waals surface area contributed by atoms with Gasteiger partial charge in [-0.05, 0) is 41.7 Å². The molecule has 2 aliphatic carbocycles. The normalized spacial score (nSPS) is 34.3. The third-order valence-electron chi connectivity index (χ3n) is 4.51. The van der Waals surface area contributed by atoms with E-state index in [1.54, 1.807) is 11.1 Å². The van der Waals surface area contributed by atoms with Gasteiger partial charge in [-0.2, -0.15) is 0 Å². The summed E-state index contributed by atoms with van der Waals surface area (Å²) in [6.07, 6.45) is 8.52. The van der Waals surface area contributed by atoms with E-state index in [0.29, 0.717) is 5.41 Å². The summed E-state index contributed by atoms with van der Waals surface area (Å²) in [5, 5.41) is 0. The average Bonchev–Trinajstić information content (AvgIpc) is 2.39. The molecular weight excluding hydrogens is 180 g/mol. The summed E-state index contributed by atoms with van der Waals surface area (Å²) in [5.41, 5.74) is 3.79. The van der Waals surface area contributed by atoms with Gasteiger partial charge in [0.2, 0.25) is 0 Å². The van der Waals surface area contributed by atoms with Crippen molar-refractivity contribution in [1.82, 2.24) is 0 Å². The number of benzene rings is 1. The van der Waals surface area contributed by atoms with E-state index in [1.807, 2.05) is 0 Å². The van der Waals surface area contributed by atoms with Gasteiger partial charge in [-0.3, -0.25) is 0 Å². The molecule has 15 heavy (non-hydrogen) atoms. The highest BCUT2D eigenvalue weighted by Crippen LogP contribution is 2.46. The van der Waals surface area contributed by atoms with E-state index in [9.17, 15) is 0 Å². The summed E-state index contributed by atoms with van der Waals surface area (Å²) in [6, 6.07) is 9.15. The van der Waals surface area contributed by atoms with Gasteiger partial charge in [-0.15, -0.1) is 0 Å². The van der Waals surface area contributed by atoms with Gasteiger partial charge in [-0.25, -0.2) is 0 Å². The molecule has 0 N–H and O–H groups in total. The Morgan fingerprint density at radius 1 is 1.20 bits per heavy atom. The number of fused-ring (bicyclic) bond motifs is 4. The lowest BCUT2D eigenvalue weighted by Gasteiger charge is -2.38. The van der Waals surface area contributed by atoms with Crippen LogP contribution in [0.1, 0.15) is 50.2 Å². The first-order chi connectivity index (χ1) is 7.28. The van der Waals surface area contributed by atoms with Crippen molar-refractivity contribution in [2.45, 2.75) is 50.9 Å². The van der Waals surface area contributed by atoms with Gasteiger partial charge in [-0.1, -0.05) is 50.5 Å². The van der Waals surface area contributed by atoms with Gasteiger partial charge in [0, 0.05) is 0 Å². The summed E-state index contributed by atoms with van der Waals surface area (Å²) < 4.78 is 0. The molecule has 80 valence electrons. The van der Waals surface area contributed by atoms with Crippen LogP contribution in [-0.4, -0.2) is 0 Å². The van der Waals surface area contributed by atoms with Crippen LogP contribution in [0.25, 0.3) is 0 Å². The molecule has 0 amide bonds. The maximum atomic E-state index is 2.49. The Balaban J connectivity index is 2.10. The second-order valence-electron chi connectivity index (χ2n) is 5.74. The van der Waals surface area contributed by atoms with E-state index in [4.69, 9.17) is 0 Å². The predicted molar refractivity (Wildman–Crippen MR) is 64.1 cm³/mol. The van der Waals surface area contributed by atoms with Crippen molar-refractivity contribution < 1.29 is 0 Å².